The van der Waals surface area contributed by atoms with Gasteiger partial charge in [-0.1, -0.05) is 6.92 Å². The quantitative estimate of drug-likeness (QED) is 0.745. The Labute approximate surface area is 109 Å². The minimum Gasteiger partial charge on any atom is -0.379 e. The summed E-state index contributed by atoms with van der Waals surface area (Å²) in [5.74, 6) is 0.501. The molecule has 0 aromatic heterocycles. The van der Waals surface area contributed by atoms with Gasteiger partial charge in [-0.15, -0.1) is 0 Å². The van der Waals surface area contributed by atoms with Gasteiger partial charge in [-0.3, -0.25) is 14.6 Å². The van der Waals surface area contributed by atoms with E-state index in [1.54, 1.807) is 0 Å². The molecule has 2 aliphatic rings. The molecule has 1 amide bonds. The summed E-state index contributed by atoms with van der Waals surface area (Å²) in [4.78, 5) is 16.1. The number of carbonyl (C=O) groups excluding carboxylic acids is 1. The Morgan fingerprint density at radius 2 is 2.11 bits per heavy atom. The number of primary amides is 1. The molecule has 0 radical (unpaired) electrons. The maximum Gasteiger partial charge on any atom is 0.234 e. The zero-order chi connectivity index (χ0) is 13.0. The molecule has 2 aliphatic heterocycles. The Morgan fingerprint density at radius 1 is 1.39 bits per heavy atom. The Balaban J connectivity index is 1.78. The van der Waals surface area contributed by atoms with Crippen molar-refractivity contribution in [2.75, 3.05) is 45.9 Å². The van der Waals surface area contributed by atoms with Gasteiger partial charge < -0.3 is 10.5 Å². The Morgan fingerprint density at radius 3 is 2.72 bits per heavy atom. The number of hydrogen-bond acceptors (Lipinski definition) is 4. The van der Waals surface area contributed by atoms with Gasteiger partial charge in [0.25, 0.3) is 0 Å². The number of amides is 1. The lowest BCUT2D eigenvalue weighted by Crippen LogP contribution is -2.44. The Kier molecular flexibility index (Phi) is 4.97. The minimum atomic E-state index is -0.176. The molecule has 2 fully saturated rings. The highest BCUT2D eigenvalue weighted by Gasteiger charge is 2.31. The smallest absolute Gasteiger partial charge is 0.234 e. The SMILES string of the molecule is CC[C@H](C(N)=O)N1CC[C@H](CN2CCOCC2)C1. The fraction of sp³-hybridized carbons (Fsp3) is 0.923. The van der Waals surface area contributed by atoms with E-state index in [0.29, 0.717) is 5.92 Å². The molecule has 0 aromatic rings. The average molecular weight is 255 g/mol. The number of nitrogens with two attached hydrogens (primary N) is 1. The molecule has 5 heteroatoms. The zero-order valence-electron chi connectivity index (χ0n) is 11.3. The molecule has 0 aromatic carbocycles. The second-order valence-electron chi connectivity index (χ2n) is 5.39. The van der Waals surface area contributed by atoms with Crippen molar-refractivity contribution in [3.05, 3.63) is 0 Å². The number of rotatable bonds is 5. The van der Waals surface area contributed by atoms with Gasteiger partial charge >= 0.3 is 0 Å². The van der Waals surface area contributed by atoms with Crippen LogP contribution in [0.25, 0.3) is 0 Å². The predicted molar refractivity (Wildman–Crippen MR) is 70.2 cm³/mol. The number of morpholine rings is 1. The van der Waals surface area contributed by atoms with Gasteiger partial charge in [-0.05, 0) is 25.3 Å². The first-order chi connectivity index (χ1) is 8.70. The molecular weight excluding hydrogens is 230 g/mol. The standard InChI is InChI=1S/C13H25N3O2/c1-2-12(13(14)17)16-4-3-11(10-16)9-15-5-7-18-8-6-15/h11-12H,2-10H2,1H3,(H2,14,17)/t11-,12-/m1/s1. The molecule has 5 nitrogen and oxygen atoms in total. The van der Waals surface area contributed by atoms with Crippen LogP contribution in [0.15, 0.2) is 0 Å². The van der Waals surface area contributed by atoms with E-state index in [2.05, 4.69) is 9.80 Å². The van der Waals surface area contributed by atoms with Crippen LogP contribution in [0, 0.1) is 5.92 Å². The number of hydrogen-bond donors (Lipinski definition) is 1. The molecule has 2 atom stereocenters. The van der Waals surface area contributed by atoms with Gasteiger partial charge in [0.05, 0.1) is 19.3 Å². The van der Waals surface area contributed by atoms with E-state index in [4.69, 9.17) is 10.5 Å². The molecule has 0 spiro atoms. The number of carbonyl (C=O) groups is 1. The molecular formula is C13H25N3O2. The molecule has 0 unspecified atom stereocenters. The van der Waals surface area contributed by atoms with Crippen molar-refractivity contribution >= 4 is 5.91 Å². The van der Waals surface area contributed by atoms with Crippen LogP contribution in [0.3, 0.4) is 0 Å². The van der Waals surface area contributed by atoms with Crippen molar-refractivity contribution < 1.29 is 9.53 Å². The summed E-state index contributed by atoms with van der Waals surface area (Å²) >= 11 is 0. The first-order valence-corrected chi connectivity index (χ1v) is 7.04. The summed E-state index contributed by atoms with van der Waals surface area (Å²) in [6, 6.07) is -0.0697. The maximum atomic E-state index is 11.4. The van der Waals surface area contributed by atoms with Crippen LogP contribution in [-0.4, -0.2) is 67.7 Å². The van der Waals surface area contributed by atoms with E-state index in [1.165, 1.54) is 6.42 Å². The van der Waals surface area contributed by atoms with E-state index in [9.17, 15) is 4.79 Å². The summed E-state index contributed by atoms with van der Waals surface area (Å²) in [6.07, 6.45) is 2.00. The lowest BCUT2D eigenvalue weighted by molar-refractivity contribution is -0.123. The number of nitrogens with zero attached hydrogens (tertiary/aromatic N) is 2. The van der Waals surface area contributed by atoms with Crippen LogP contribution in [0.5, 0.6) is 0 Å². The van der Waals surface area contributed by atoms with Crippen LogP contribution < -0.4 is 5.73 Å². The van der Waals surface area contributed by atoms with Gasteiger partial charge in [-0.25, -0.2) is 0 Å². The summed E-state index contributed by atoms with van der Waals surface area (Å²) in [5.41, 5.74) is 5.45. The summed E-state index contributed by atoms with van der Waals surface area (Å²) in [5, 5.41) is 0. The topological polar surface area (TPSA) is 58.8 Å². The third-order valence-electron chi connectivity index (χ3n) is 4.09. The monoisotopic (exact) mass is 255 g/mol. The largest absolute Gasteiger partial charge is 0.379 e. The van der Waals surface area contributed by atoms with Crippen LogP contribution in [0.2, 0.25) is 0 Å². The van der Waals surface area contributed by atoms with Gasteiger partial charge in [-0.2, -0.15) is 0 Å². The third-order valence-corrected chi connectivity index (χ3v) is 4.09. The van der Waals surface area contributed by atoms with Crippen molar-refractivity contribution in [2.24, 2.45) is 11.7 Å². The Bertz CT molecular complexity index is 279. The Hall–Kier alpha value is -0.650. The van der Waals surface area contributed by atoms with Gasteiger partial charge in [0.2, 0.25) is 5.91 Å². The molecule has 18 heavy (non-hydrogen) atoms. The highest BCUT2D eigenvalue weighted by atomic mass is 16.5. The fourth-order valence-corrected chi connectivity index (χ4v) is 3.08. The van der Waals surface area contributed by atoms with E-state index in [0.717, 1.165) is 52.4 Å². The molecule has 2 heterocycles. The van der Waals surface area contributed by atoms with Crippen molar-refractivity contribution in [1.82, 2.24) is 9.80 Å². The second-order valence-corrected chi connectivity index (χ2v) is 5.39. The summed E-state index contributed by atoms with van der Waals surface area (Å²) < 4.78 is 5.36. The van der Waals surface area contributed by atoms with Crippen molar-refractivity contribution in [2.45, 2.75) is 25.8 Å². The van der Waals surface area contributed by atoms with Gasteiger partial charge in [0.15, 0.2) is 0 Å². The molecule has 104 valence electrons. The summed E-state index contributed by atoms with van der Waals surface area (Å²) in [7, 11) is 0. The van der Waals surface area contributed by atoms with Crippen molar-refractivity contribution in [3.63, 3.8) is 0 Å². The van der Waals surface area contributed by atoms with Gasteiger partial charge in [0, 0.05) is 26.2 Å². The molecule has 2 rings (SSSR count). The molecule has 0 saturated carbocycles. The second kappa shape index (κ2) is 6.50. The van der Waals surface area contributed by atoms with E-state index >= 15 is 0 Å². The average Bonchev–Trinajstić information content (AvgIpc) is 2.79. The fourth-order valence-electron chi connectivity index (χ4n) is 3.08. The molecule has 0 aliphatic carbocycles. The molecule has 0 bridgehead atoms. The summed E-state index contributed by atoms with van der Waals surface area (Å²) in [6.45, 7) is 8.99. The maximum absolute atomic E-state index is 11.4. The third kappa shape index (κ3) is 3.43. The molecule has 2 saturated heterocycles. The van der Waals surface area contributed by atoms with Crippen molar-refractivity contribution in [1.29, 1.82) is 0 Å². The van der Waals surface area contributed by atoms with E-state index < -0.39 is 0 Å². The highest BCUT2D eigenvalue weighted by Crippen LogP contribution is 2.21. The zero-order valence-corrected chi connectivity index (χ0v) is 11.3. The van der Waals surface area contributed by atoms with E-state index in [1.807, 2.05) is 6.92 Å². The van der Waals surface area contributed by atoms with E-state index in [-0.39, 0.29) is 11.9 Å². The number of likely N-dealkylation sites (tertiary alicyclic amines) is 1. The highest BCUT2D eigenvalue weighted by molar-refractivity contribution is 5.79. The number of ether oxygens (including phenoxy) is 1. The lowest BCUT2D eigenvalue weighted by Gasteiger charge is -2.29. The first-order valence-electron chi connectivity index (χ1n) is 7.04. The first kappa shape index (κ1) is 13.8. The molecule has 2 N–H and O–H groups in total. The van der Waals surface area contributed by atoms with Crippen LogP contribution >= 0.6 is 0 Å². The van der Waals surface area contributed by atoms with Crippen LogP contribution in [0.1, 0.15) is 19.8 Å². The van der Waals surface area contributed by atoms with Crippen LogP contribution in [0.4, 0.5) is 0 Å². The normalized spacial score (nSPS) is 28.4. The van der Waals surface area contributed by atoms with Gasteiger partial charge in [0.1, 0.15) is 0 Å². The van der Waals surface area contributed by atoms with Crippen LogP contribution in [-0.2, 0) is 9.53 Å². The minimum absolute atomic E-state index is 0.0697. The van der Waals surface area contributed by atoms with Crippen molar-refractivity contribution in [3.8, 4) is 0 Å². The predicted octanol–water partition coefficient (Wildman–Crippen LogP) is -0.0956. The lowest BCUT2D eigenvalue weighted by atomic mass is 10.1.